The lowest BCUT2D eigenvalue weighted by atomic mass is 10.0. The minimum Gasteiger partial charge on any atom is -0.489 e. The molecular weight excluding hydrogens is 333 g/mol. The Morgan fingerprint density at radius 3 is 2.69 bits per heavy atom. The van der Waals surface area contributed by atoms with Gasteiger partial charge < -0.3 is 9.84 Å². The fourth-order valence-electron chi connectivity index (χ4n) is 2.32. The van der Waals surface area contributed by atoms with Crippen LogP contribution >= 0.6 is 0 Å². The number of likely N-dealkylation sites (N-methyl/N-ethyl adjacent to an activating group) is 1. The van der Waals surface area contributed by atoms with E-state index < -0.39 is 17.7 Å². The first-order chi connectivity index (χ1) is 12.3. The van der Waals surface area contributed by atoms with Gasteiger partial charge in [0.1, 0.15) is 18.2 Å². The summed E-state index contributed by atoms with van der Waals surface area (Å²) in [7, 11) is 1.98. The van der Waals surface area contributed by atoms with Crippen molar-refractivity contribution in [1.29, 1.82) is 0 Å². The van der Waals surface area contributed by atoms with Crippen LogP contribution in [0.5, 0.6) is 5.75 Å². The Balaban J connectivity index is 2.56. The van der Waals surface area contributed by atoms with E-state index in [1.54, 1.807) is 12.1 Å². The highest BCUT2D eigenvalue weighted by molar-refractivity contribution is 5.96. The number of halogens is 1. The number of Topliss-reactive ketones (excluding diaryl/α,β-unsaturated/α-hetero) is 1. The standard InChI is InChI=1S/C21H28FNO3/c1-5-10-23(4)11-6-7-12-26-18-8-9-19(20(22)15-18)21(25)14-17(24)13-16(2)3/h5-9,13,15,17,24H,1,10-12,14H2,2-4H3/b7-6+/t17-/m0/s1. The molecule has 1 rings (SSSR count). The zero-order valence-electron chi connectivity index (χ0n) is 15.7. The number of allylic oxidation sites excluding steroid dienone is 1. The van der Waals surface area contributed by atoms with Crippen LogP contribution in [-0.2, 0) is 0 Å². The van der Waals surface area contributed by atoms with Crippen molar-refractivity contribution in [3.8, 4) is 5.75 Å². The molecule has 0 aliphatic carbocycles. The van der Waals surface area contributed by atoms with E-state index in [-0.39, 0.29) is 12.0 Å². The number of rotatable bonds is 11. The van der Waals surface area contributed by atoms with E-state index in [2.05, 4.69) is 11.5 Å². The molecule has 0 aliphatic heterocycles. The SMILES string of the molecule is C=CCN(C)C/C=C/COc1ccc(C(=O)C[C@@H](O)C=C(C)C)c(F)c1. The molecule has 4 nitrogen and oxygen atoms in total. The summed E-state index contributed by atoms with van der Waals surface area (Å²) in [6, 6.07) is 4.14. The van der Waals surface area contributed by atoms with E-state index in [1.165, 1.54) is 12.1 Å². The van der Waals surface area contributed by atoms with Crippen molar-refractivity contribution in [2.24, 2.45) is 0 Å². The molecule has 0 aliphatic rings. The van der Waals surface area contributed by atoms with Gasteiger partial charge in [0.15, 0.2) is 5.78 Å². The Morgan fingerprint density at radius 1 is 1.35 bits per heavy atom. The van der Waals surface area contributed by atoms with E-state index in [9.17, 15) is 14.3 Å². The fraction of sp³-hybridized carbons (Fsp3) is 0.381. The van der Waals surface area contributed by atoms with Crippen molar-refractivity contribution in [2.75, 3.05) is 26.7 Å². The molecule has 1 aromatic carbocycles. The van der Waals surface area contributed by atoms with Gasteiger partial charge in [-0.25, -0.2) is 4.39 Å². The average Bonchev–Trinajstić information content (AvgIpc) is 2.53. The van der Waals surface area contributed by atoms with Gasteiger partial charge in [-0.05, 0) is 33.0 Å². The monoisotopic (exact) mass is 361 g/mol. The molecule has 0 saturated carbocycles. The quantitative estimate of drug-likeness (QED) is 0.481. The fourth-order valence-corrected chi connectivity index (χ4v) is 2.32. The molecule has 0 fully saturated rings. The van der Waals surface area contributed by atoms with Crippen molar-refractivity contribution >= 4 is 5.78 Å². The summed E-state index contributed by atoms with van der Waals surface area (Å²) in [5.41, 5.74) is 0.860. The molecular formula is C21H28FNO3. The summed E-state index contributed by atoms with van der Waals surface area (Å²) in [5.74, 6) is -0.733. The Hall–Kier alpha value is -2.24. The van der Waals surface area contributed by atoms with Gasteiger partial charge in [0, 0.05) is 25.6 Å². The summed E-state index contributed by atoms with van der Waals surface area (Å²) in [6.45, 7) is 9.21. The number of hydrogen-bond acceptors (Lipinski definition) is 4. The van der Waals surface area contributed by atoms with Gasteiger partial charge in [-0.15, -0.1) is 6.58 Å². The van der Waals surface area contributed by atoms with Crippen LogP contribution < -0.4 is 4.74 Å². The van der Waals surface area contributed by atoms with Gasteiger partial charge >= 0.3 is 0 Å². The number of carbonyl (C=O) groups excluding carboxylic acids is 1. The van der Waals surface area contributed by atoms with Gasteiger partial charge in [0.05, 0.1) is 11.7 Å². The zero-order chi connectivity index (χ0) is 19.5. The van der Waals surface area contributed by atoms with Crippen LogP contribution in [0.3, 0.4) is 0 Å². The highest BCUT2D eigenvalue weighted by atomic mass is 19.1. The lowest BCUT2D eigenvalue weighted by Gasteiger charge is -2.10. The Labute approximate surface area is 155 Å². The molecule has 26 heavy (non-hydrogen) atoms. The molecule has 1 atom stereocenters. The molecule has 1 N–H and O–H groups in total. The Bertz CT molecular complexity index is 663. The molecule has 142 valence electrons. The predicted molar refractivity (Wildman–Crippen MR) is 103 cm³/mol. The van der Waals surface area contributed by atoms with Gasteiger partial charge in [-0.3, -0.25) is 9.69 Å². The second-order valence-corrected chi connectivity index (χ2v) is 6.37. The number of hydrogen-bond donors (Lipinski definition) is 1. The molecule has 0 aromatic heterocycles. The minimum atomic E-state index is -0.910. The summed E-state index contributed by atoms with van der Waals surface area (Å²) in [5, 5.41) is 9.78. The maximum atomic E-state index is 14.1. The first-order valence-electron chi connectivity index (χ1n) is 8.56. The highest BCUT2D eigenvalue weighted by Gasteiger charge is 2.15. The molecule has 0 bridgehead atoms. The molecule has 0 saturated heterocycles. The average molecular weight is 361 g/mol. The van der Waals surface area contributed by atoms with Crippen LogP contribution in [0, 0.1) is 5.82 Å². The number of nitrogens with zero attached hydrogens (tertiary/aromatic N) is 1. The topological polar surface area (TPSA) is 49.8 Å². The third kappa shape index (κ3) is 8.23. The molecule has 1 aromatic rings. The molecule has 5 heteroatoms. The van der Waals surface area contributed by atoms with Crippen molar-refractivity contribution in [3.63, 3.8) is 0 Å². The first-order valence-corrected chi connectivity index (χ1v) is 8.56. The van der Waals surface area contributed by atoms with Crippen LogP contribution in [0.25, 0.3) is 0 Å². The van der Waals surface area contributed by atoms with Gasteiger partial charge in [-0.2, -0.15) is 0 Å². The van der Waals surface area contributed by atoms with E-state index in [1.807, 2.05) is 39.1 Å². The second kappa shape index (κ2) is 11.4. The lowest BCUT2D eigenvalue weighted by Crippen LogP contribution is -2.17. The van der Waals surface area contributed by atoms with Gasteiger partial charge in [0.2, 0.25) is 0 Å². The first kappa shape index (κ1) is 21.8. The number of aliphatic hydroxyl groups is 1. The van der Waals surface area contributed by atoms with Crippen LogP contribution in [0.1, 0.15) is 30.6 Å². The Kier molecular flexibility index (Phi) is 9.55. The minimum absolute atomic E-state index is 0.0415. The third-order valence-electron chi connectivity index (χ3n) is 3.53. The normalized spacial score (nSPS) is 12.2. The number of ketones is 1. The largest absolute Gasteiger partial charge is 0.489 e. The smallest absolute Gasteiger partial charge is 0.168 e. The second-order valence-electron chi connectivity index (χ2n) is 6.37. The van der Waals surface area contributed by atoms with Crippen LogP contribution in [-0.4, -0.2) is 48.6 Å². The zero-order valence-corrected chi connectivity index (χ0v) is 15.7. The highest BCUT2D eigenvalue weighted by Crippen LogP contribution is 2.19. The number of ether oxygens (including phenoxy) is 1. The van der Waals surface area contributed by atoms with Crippen molar-refractivity contribution < 1.29 is 19.0 Å². The summed E-state index contributed by atoms with van der Waals surface area (Å²) in [6.07, 6.45) is 6.16. The molecule has 0 spiro atoms. The maximum absolute atomic E-state index is 14.1. The Morgan fingerprint density at radius 2 is 2.08 bits per heavy atom. The van der Waals surface area contributed by atoms with Crippen molar-refractivity contribution in [2.45, 2.75) is 26.4 Å². The van der Waals surface area contributed by atoms with Gasteiger partial charge in [0.25, 0.3) is 0 Å². The number of benzene rings is 1. The number of carbonyl (C=O) groups is 1. The van der Waals surface area contributed by atoms with Crippen molar-refractivity contribution in [3.05, 3.63) is 66.0 Å². The van der Waals surface area contributed by atoms with Crippen LogP contribution in [0.4, 0.5) is 4.39 Å². The molecule has 0 heterocycles. The summed E-state index contributed by atoms with van der Waals surface area (Å²) in [4.78, 5) is 14.2. The van der Waals surface area contributed by atoms with E-state index in [0.29, 0.717) is 12.4 Å². The summed E-state index contributed by atoms with van der Waals surface area (Å²) < 4.78 is 19.6. The van der Waals surface area contributed by atoms with E-state index in [4.69, 9.17) is 4.74 Å². The van der Waals surface area contributed by atoms with E-state index >= 15 is 0 Å². The predicted octanol–water partition coefficient (Wildman–Crippen LogP) is 3.78. The van der Waals surface area contributed by atoms with Gasteiger partial charge in [-0.1, -0.05) is 29.9 Å². The lowest BCUT2D eigenvalue weighted by molar-refractivity contribution is 0.0918. The van der Waals surface area contributed by atoms with Crippen LogP contribution in [0.15, 0.2) is 54.7 Å². The van der Waals surface area contributed by atoms with Crippen molar-refractivity contribution in [1.82, 2.24) is 4.90 Å². The summed E-state index contributed by atoms with van der Waals surface area (Å²) >= 11 is 0. The van der Waals surface area contributed by atoms with E-state index in [0.717, 1.165) is 18.7 Å². The molecule has 0 unspecified atom stereocenters. The molecule has 0 radical (unpaired) electrons. The maximum Gasteiger partial charge on any atom is 0.168 e. The third-order valence-corrected chi connectivity index (χ3v) is 3.53. The molecule has 0 amide bonds. The number of aliphatic hydroxyl groups excluding tert-OH is 1. The van der Waals surface area contributed by atoms with Crippen LogP contribution in [0.2, 0.25) is 0 Å².